The van der Waals surface area contributed by atoms with Crippen molar-refractivity contribution in [2.24, 2.45) is 11.3 Å². The van der Waals surface area contributed by atoms with Gasteiger partial charge in [-0.2, -0.15) is 0 Å². The molecule has 0 aliphatic heterocycles. The molecule has 1 aliphatic rings. The van der Waals surface area contributed by atoms with E-state index in [4.69, 9.17) is 0 Å². The molecule has 1 saturated carbocycles. The molecular weight excluding hydrogens is 260 g/mol. The van der Waals surface area contributed by atoms with Crippen molar-refractivity contribution in [3.05, 3.63) is 0 Å². The number of rotatable bonds is 7. The third kappa shape index (κ3) is 6.23. The summed E-state index contributed by atoms with van der Waals surface area (Å²) in [5.41, 5.74) is 0.327. The molecule has 1 aliphatic carbocycles. The van der Waals surface area contributed by atoms with Crippen LogP contribution in [0.2, 0.25) is 0 Å². The largest absolute Gasteiger partial charge is 0.319 e. The molecule has 0 heterocycles. The molecule has 1 rings (SSSR count). The average Bonchev–Trinajstić information content (AvgIpc) is 2.30. The normalized spacial score (nSPS) is 28.8. The van der Waals surface area contributed by atoms with E-state index in [1.807, 2.05) is 14.1 Å². The molecule has 0 aromatic carbocycles. The fourth-order valence-corrected chi connectivity index (χ4v) is 3.76. The lowest BCUT2D eigenvalue weighted by molar-refractivity contribution is 0.104. The zero-order valence-corrected chi connectivity index (χ0v) is 13.7. The van der Waals surface area contributed by atoms with Crippen LogP contribution in [-0.2, 0) is 9.84 Å². The van der Waals surface area contributed by atoms with Gasteiger partial charge in [-0.25, -0.2) is 8.42 Å². The number of nitrogens with zero attached hydrogens (tertiary/aromatic N) is 1. The zero-order valence-electron chi connectivity index (χ0n) is 12.9. The van der Waals surface area contributed by atoms with Gasteiger partial charge in [-0.15, -0.1) is 0 Å². The second kappa shape index (κ2) is 7.04. The maximum atomic E-state index is 11.2. The standard InChI is InChI=1S/C14H30N2O2S/c1-13-5-7-14(8-6-13,11-15-2)12-16(3)9-10-19(4,17)18/h13,15H,5-12H2,1-4H3. The molecule has 0 bridgehead atoms. The molecule has 1 N–H and O–H groups in total. The highest BCUT2D eigenvalue weighted by atomic mass is 32.2. The molecular formula is C14H30N2O2S. The molecule has 0 amide bonds. The van der Waals surface area contributed by atoms with E-state index in [2.05, 4.69) is 17.1 Å². The van der Waals surface area contributed by atoms with Crippen LogP contribution in [0.5, 0.6) is 0 Å². The summed E-state index contributed by atoms with van der Waals surface area (Å²) in [6, 6.07) is 0. The maximum Gasteiger partial charge on any atom is 0.148 e. The maximum absolute atomic E-state index is 11.2. The van der Waals surface area contributed by atoms with Gasteiger partial charge in [-0.3, -0.25) is 0 Å². The summed E-state index contributed by atoms with van der Waals surface area (Å²) in [5.74, 6) is 1.10. The third-order valence-electron chi connectivity index (χ3n) is 4.34. The molecule has 0 radical (unpaired) electrons. The Kier molecular flexibility index (Phi) is 6.27. The number of nitrogens with one attached hydrogen (secondary N) is 1. The third-order valence-corrected chi connectivity index (χ3v) is 5.26. The Morgan fingerprint density at radius 2 is 1.89 bits per heavy atom. The molecule has 0 aromatic heterocycles. The predicted molar refractivity (Wildman–Crippen MR) is 81.2 cm³/mol. The molecule has 0 unspecified atom stereocenters. The van der Waals surface area contributed by atoms with Crippen molar-refractivity contribution in [1.29, 1.82) is 0 Å². The van der Waals surface area contributed by atoms with Gasteiger partial charge in [-0.1, -0.05) is 19.8 Å². The van der Waals surface area contributed by atoms with Crippen molar-refractivity contribution >= 4 is 9.84 Å². The van der Waals surface area contributed by atoms with Gasteiger partial charge in [0, 0.05) is 25.9 Å². The minimum atomic E-state index is -2.86. The first kappa shape index (κ1) is 16.9. The lowest BCUT2D eigenvalue weighted by atomic mass is 9.70. The topological polar surface area (TPSA) is 49.4 Å². The molecule has 114 valence electrons. The van der Waals surface area contributed by atoms with E-state index in [-0.39, 0.29) is 5.75 Å². The Morgan fingerprint density at radius 1 is 1.32 bits per heavy atom. The zero-order chi connectivity index (χ0) is 14.5. The molecule has 0 aromatic rings. The SMILES string of the molecule is CNCC1(CN(C)CCS(C)(=O)=O)CCC(C)CC1. The van der Waals surface area contributed by atoms with Gasteiger partial charge in [-0.05, 0) is 38.3 Å². The van der Waals surface area contributed by atoms with Crippen LogP contribution in [0, 0.1) is 11.3 Å². The summed E-state index contributed by atoms with van der Waals surface area (Å²) in [4.78, 5) is 2.19. The fraction of sp³-hybridized carbons (Fsp3) is 1.00. The molecule has 4 nitrogen and oxygen atoms in total. The van der Waals surface area contributed by atoms with E-state index in [9.17, 15) is 8.42 Å². The first-order valence-corrected chi connectivity index (χ1v) is 9.33. The molecule has 0 saturated heterocycles. The number of hydrogen-bond donors (Lipinski definition) is 1. The van der Waals surface area contributed by atoms with Gasteiger partial charge < -0.3 is 10.2 Å². The van der Waals surface area contributed by atoms with Crippen molar-refractivity contribution < 1.29 is 8.42 Å². The molecule has 1 fully saturated rings. The minimum absolute atomic E-state index is 0.259. The Bertz CT molecular complexity index is 360. The highest BCUT2D eigenvalue weighted by molar-refractivity contribution is 7.90. The van der Waals surface area contributed by atoms with Gasteiger partial charge in [0.05, 0.1) is 5.75 Å². The van der Waals surface area contributed by atoms with Gasteiger partial charge in [0.1, 0.15) is 9.84 Å². The van der Waals surface area contributed by atoms with Gasteiger partial charge in [0.15, 0.2) is 0 Å². The lowest BCUT2D eigenvalue weighted by Crippen LogP contribution is -2.45. The van der Waals surface area contributed by atoms with E-state index in [1.54, 1.807) is 0 Å². The van der Waals surface area contributed by atoms with Crippen LogP contribution in [0.1, 0.15) is 32.6 Å². The quantitative estimate of drug-likeness (QED) is 0.769. The Labute approximate surface area is 118 Å². The minimum Gasteiger partial charge on any atom is -0.319 e. The van der Waals surface area contributed by atoms with Crippen molar-refractivity contribution in [1.82, 2.24) is 10.2 Å². The molecule has 19 heavy (non-hydrogen) atoms. The second-order valence-corrected chi connectivity index (χ2v) is 8.84. The highest BCUT2D eigenvalue weighted by Gasteiger charge is 2.34. The number of sulfone groups is 1. The van der Waals surface area contributed by atoms with Crippen molar-refractivity contribution in [2.45, 2.75) is 32.6 Å². The Hall–Kier alpha value is -0.130. The molecule has 5 heteroatoms. The van der Waals surface area contributed by atoms with Crippen LogP contribution in [0.3, 0.4) is 0 Å². The first-order chi connectivity index (χ1) is 8.76. The van der Waals surface area contributed by atoms with Crippen LogP contribution in [0.4, 0.5) is 0 Å². The van der Waals surface area contributed by atoms with E-state index < -0.39 is 9.84 Å². The number of hydrogen-bond acceptors (Lipinski definition) is 4. The average molecular weight is 290 g/mol. The molecule has 0 atom stereocenters. The fourth-order valence-electron chi connectivity index (χ4n) is 3.11. The van der Waals surface area contributed by atoms with Crippen LogP contribution < -0.4 is 5.32 Å². The van der Waals surface area contributed by atoms with Crippen LogP contribution in [-0.4, -0.2) is 59.1 Å². The van der Waals surface area contributed by atoms with Crippen molar-refractivity contribution in [2.75, 3.05) is 45.7 Å². The summed E-state index contributed by atoms with van der Waals surface area (Å²) < 4.78 is 22.5. The van der Waals surface area contributed by atoms with Gasteiger partial charge in [0.2, 0.25) is 0 Å². The van der Waals surface area contributed by atoms with Gasteiger partial charge in [0.25, 0.3) is 0 Å². The summed E-state index contributed by atoms with van der Waals surface area (Å²) in [7, 11) is 1.19. The lowest BCUT2D eigenvalue weighted by Gasteiger charge is -2.42. The van der Waals surface area contributed by atoms with Crippen molar-refractivity contribution in [3.8, 4) is 0 Å². The van der Waals surface area contributed by atoms with E-state index in [0.29, 0.717) is 12.0 Å². The highest BCUT2D eigenvalue weighted by Crippen LogP contribution is 2.38. The van der Waals surface area contributed by atoms with Crippen molar-refractivity contribution in [3.63, 3.8) is 0 Å². The van der Waals surface area contributed by atoms with E-state index >= 15 is 0 Å². The summed E-state index contributed by atoms with van der Waals surface area (Å²) in [6.07, 6.45) is 6.39. The smallest absolute Gasteiger partial charge is 0.148 e. The van der Waals surface area contributed by atoms with Crippen LogP contribution in [0.25, 0.3) is 0 Å². The van der Waals surface area contributed by atoms with Crippen LogP contribution in [0.15, 0.2) is 0 Å². The monoisotopic (exact) mass is 290 g/mol. The predicted octanol–water partition coefficient (Wildman–Crippen LogP) is 1.38. The Balaban J connectivity index is 2.53. The van der Waals surface area contributed by atoms with E-state index in [1.165, 1.54) is 31.9 Å². The van der Waals surface area contributed by atoms with Gasteiger partial charge >= 0.3 is 0 Å². The summed E-state index contributed by atoms with van der Waals surface area (Å²) in [6.45, 7) is 5.00. The second-order valence-electron chi connectivity index (χ2n) is 6.58. The van der Waals surface area contributed by atoms with E-state index in [0.717, 1.165) is 19.0 Å². The summed E-state index contributed by atoms with van der Waals surface area (Å²) in [5, 5.41) is 3.33. The Morgan fingerprint density at radius 3 is 2.37 bits per heavy atom. The molecule has 0 spiro atoms. The summed E-state index contributed by atoms with van der Waals surface area (Å²) >= 11 is 0. The van der Waals surface area contributed by atoms with Crippen LogP contribution >= 0.6 is 0 Å². The first-order valence-electron chi connectivity index (χ1n) is 7.27.